The van der Waals surface area contributed by atoms with Gasteiger partial charge in [-0.05, 0) is 47.7 Å². The summed E-state index contributed by atoms with van der Waals surface area (Å²) in [6.45, 7) is 3.71. The number of ether oxygens (including phenoxy) is 2. The number of nitrogens with two attached hydrogens (primary N) is 1. The van der Waals surface area contributed by atoms with E-state index in [0.717, 1.165) is 17.5 Å². The molecule has 0 saturated carbocycles. The summed E-state index contributed by atoms with van der Waals surface area (Å²) in [6, 6.07) is 19.1. The van der Waals surface area contributed by atoms with Crippen molar-refractivity contribution in [2.24, 2.45) is 0 Å². The van der Waals surface area contributed by atoms with E-state index >= 15 is 0 Å². The van der Waals surface area contributed by atoms with Gasteiger partial charge in [0, 0.05) is 37.6 Å². The van der Waals surface area contributed by atoms with Gasteiger partial charge in [-0.2, -0.15) is 9.29 Å². The summed E-state index contributed by atoms with van der Waals surface area (Å²) in [5, 5.41) is 0.665. The maximum atomic E-state index is 13.4. The first kappa shape index (κ1) is 30.4. The molecule has 0 unspecified atom stereocenters. The van der Waals surface area contributed by atoms with Crippen LogP contribution in [0.15, 0.2) is 65.6 Å². The molecule has 1 aromatic heterocycles. The molecule has 41 heavy (non-hydrogen) atoms. The zero-order valence-corrected chi connectivity index (χ0v) is 25.2. The molecule has 0 amide bonds. The fourth-order valence-electron chi connectivity index (χ4n) is 4.95. The highest BCUT2D eigenvalue weighted by Crippen LogP contribution is 2.34. The lowest BCUT2D eigenvalue weighted by molar-refractivity contribution is 0.356. The lowest BCUT2D eigenvalue weighted by Gasteiger charge is -2.34. The Balaban J connectivity index is 0.00000387. The molecule has 0 aliphatic carbocycles. The number of nitrogens with zero attached hydrogens (tertiary/aromatic N) is 4. The molecule has 2 N–H and O–H groups in total. The van der Waals surface area contributed by atoms with E-state index in [2.05, 4.69) is 41.2 Å². The number of unbranched alkanes of at least 4 members (excludes halogenated alkanes) is 1. The number of benzene rings is 3. The van der Waals surface area contributed by atoms with Crippen molar-refractivity contribution in [3.63, 3.8) is 0 Å². The van der Waals surface area contributed by atoms with Crippen LogP contribution in [0.2, 0.25) is 0 Å². The first-order valence-electron chi connectivity index (χ1n) is 13.5. The number of aromatic nitrogens is 2. The summed E-state index contributed by atoms with van der Waals surface area (Å²) >= 11 is 0. The van der Waals surface area contributed by atoms with E-state index in [1.54, 1.807) is 38.5 Å². The highest BCUT2D eigenvalue weighted by Gasteiger charge is 2.29. The summed E-state index contributed by atoms with van der Waals surface area (Å²) in [4.78, 5) is 11.4. The van der Waals surface area contributed by atoms with Crippen LogP contribution in [0.1, 0.15) is 25.3 Å². The maximum absolute atomic E-state index is 13.4. The van der Waals surface area contributed by atoms with Crippen molar-refractivity contribution in [3.8, 4) is 22.6 Å². The van der Waals surface area contributed by atoms with Gasteiger partial charge in [-0.3, -0.25) is 0 Å². The predicted octanol–water partition coefficient (Wildman–Crippen LogP) is 5.17. The Morgan fingerprint density at radius 3 is 2.02 bits per heavy atom. The average Bonchev–Trinajstić information content (AvgIpc) is 2.99. The summed E-state index contributed by atoms with van der Waals surface area (Å²) in [5.41, 5.74) is 10.3. The van der Waals surface area contributed by atoms with Crippen molar-refractivity contribution in [2.45, 2.75) is 31.1 Å². The first-order valence-corrected chi connectivity index (χ1v) is 14.9. The fraction of sp³-hybridized carbons (Fsp3) is 0.333. The van der Waals surface area contributed by atoms with E-state index in [4.69, 9.17) is 15.2 Å². The molecule has 0 atom stereocenters. The summed E-state index contributed by atoms with van der Waals surface area (Å²) in [6.07, 6.45) is 3.42. The van der Waals surface area contributed by atoms with Gasteiger partial charge < -0.3 is 20.1 Å². The van der Waals surface area contributed by atoms with Crippen LogP contribution in [-0.4, -0.2) is 63.1 Å². The highest BCUT2D eigenvalue weighted by atomic mass is 35.5. The third-order valence-corrected chi connectivity index (χ3v) is 9.25. The molecule has 3 aromatic carbocycles. The number of piperazine rings is 1. The molecule has 5 rings (SSSR count). The first-order chi connectivity index (χ1) is 19.3. The Labute approximate surface area is 247 Å². The van der Waals surface area contributed by atoms with Gasteiger partial charge in [-0.1, -0.05) is 49.7 Å². The van der Waals surface area contributed by atoms with Gasteiger partial charge >= 0.3 is 0 Å². The van der Waals surface area contributed by atoms with Crippen molar-refractivity contribution in [2.75, 3.05) is 51.0 Å². The molecule has 1 fully saturated rings. The average molecular weight is 598 g/mol. The molecule has 11 heteroatoms. The summed E-state index contributed by atoms with van der Waals surface area (Å²) < 4.78 is 39.1. The lowest BCUT2D eigenvalue weighted by atomic mass is 10.0. The topological polar surface area (TPSA) is 111 Å². The smallest absolute Gasteiger partial charge is 0.243 e. The summed E-state index contributed by atoms with van der Waals surface area (Å²) in [5.74, 6) is 1.88. The summed E-state index contributed by atoms with van der Waals surface area (Å²) in [7, 11) is -0.509. The van der Waals surface area contributed by atoms with Gasteiger partial charge in [0.2, 0.25) is 16.0 Å². The minimum atomic E-state index is -3.63. The number of hydrogen-bond donors (Lipinski definition) is 1. The number of nitrogen functional groups attached to an aromatic ring is 1. The van der Waals surface area contributed by atoms with Crippen molar-refractivity contribution in [3.05, 3.63) is 66.2 Å². The third-order valence-electron chi connectivity index (χ3n) is 7.34. The van der Waals surface area contributed by atoms with Crippen LogP contribution in [0.5, 0.6) is 11.5 Å². The maximum Gasteiger partial charge on any atom is 0.243 e. The molecule has 0 spiro atoms. The number of hydrogen-bond acceptors (Lipinski definition) is 8. The Bertz CT molecular complexity index is 1590. The second kappa shape index (κ2) is 12.9. The Morgan fingerprint density at radius 2 is 1.44 bits per heavy atom. The van der Waals surface area contributed by atoms with E-state index in [-0.39, 0.29) is 17.3 Å². The predicted molar refractivity (Wildman–Crippen MR) is 166 cm³/mol. The van der Waals surface area contributed by atoms with Gasteiger partial charge in [-0.15, -0.1) is 12.4 Å². The van der Waals surface area contributed by atoms with Gasteiger partial charge in [0.25, 0.3) is 0 Å². The molecule has 1 saturated heterocycles. The van der Waals surface area contributed by atoms with Gasteiger partial charge in [-0.25, -0.2) is 13.4 Å². The molecule has 9 nitrogen and oxygen atoms in total. The van der Waals surface area contributed by atoms with E-state index in [9.17, 15) is 8.42 Å². The SMILES string of the molecule is CCCCc1ccc(-c2ccc(S(=O)(=O)N3CCN(c4nc(N)c5cc(OC)c(OC)cc5n4)CC3)cc2)cc1.Cl. The van der Waals surface area contributed by atoms with Gasteiger partial charge in [0.1, 0.15) is 5.82 Å². The molecule has 4 aromatic rings. The standard InChI is InChI=1S/C30H35N5O4S.ClH/c1-4-5-6-21-7-9-22(10-8-21)23-11-13-24(14-12-23)40(36,37)35-17-15-34(16-18-35)30-32-26-20-28(39-3)27(38-2)19-25(26)29(31)33-30;/h7-14,19-20H,4-6,15-18H2,1-3H3,(H2,31,32,33);1H. The van der Waals surface area contributed by atoms with Crippen LogP contribution < -0.4 is 20.1 Å². The number of sulfonamides is 1. The number of rotatable bonds is 9. The van der Waals surface area contributed by atoms with Crippen molar-refractivity contribution in [1.82, 2.24) is 14.3 Å². The molecule has 0 radical (unpaired) electrons. The number of anilines is 2. The zero-order chi connectivity index (χ0) is 28.3. The van der Waals surface area contributed by atoms with Crippen LogP contribution in [-0.2, 0) is 16.4 Å². The Kier molecular flexibility index (Phi) is 9.57. The van der Waals surface area contributed by atoms with Crippen LogP contribution in [0.25, 0.3) is 22.0 Å². The lowest BCUT2D eigenvalue weighted by Crippen LogP contribution is -2.49. The van der Waals surface area contributed by atoms with E-state index in [0.29, 0.717) is 60.3 Å². The Hall–Kier alpha value is -3.60. The number of methoxy groups -OCH3 is 2. The second-order valence-electron chi connectivity index (χ2n) is 9.85. The fourth-order valence-corrected chi connectivity index (χ4v) is 6.37. The quantitative estimate of drug-likeness (QED) is 0.281. The van der Waals surface area contributed by atoms with E-state index in [1.165, 1.54) is 22.7 Å². The van der Waals surface area contributed by atoms with Crippen LogP contribution in [0.4, 0.5) is 11.8 Å². The minimum absolute atomic E-state index is 0. The molecular formula is C30H36ClN5O4S. The van der Waals surface area contributed by atoms with E-state index in [1.807, 2.05) is 17.0 Å². The molecule has 218 valence electrons. The zero-order valence-electron chi connectivity index (χ0n) is 23.5. The van der Waals surface area contributed by atoms with Crippen molar-refractivity contribution >= 4 is 45.1 Å². The van der Waals surface area contributed by atoms with Crippen LogP contribution in [0.3, 0.4) is 0 Å². The molecule has 1 aliphatic rings. The normalized spacial score (nSPS) is 14.1. The largest absolute Gasteiger partial charge is 0.493 e. The van der Waals surface area contributed by atoms with E-state index < -0.39 is 10.0 Å². The van der Waals surface area contributed by atoms with Crippen LogP contribution in [0, 0.1) is 0 Å². The number of fused-ring (bicyclic) bond motifs is 1. The monoisotopic (exact) mass is 597 g/mol. The van der Waals surface area contributed by atoms with Crippen molar-refractivity contribution in [1.29, 1.82) is 0 Å². The van der Waals surface area contributed by atoms with Gasteiger partial charge in [0.05, 0.1) is 24.6 Å². The molecular weight excluding hydrogens is 562 g/mol. The van der Waals surface area contributed by atoms with Crippen molar-refractivity contribution < 1.29 is 17.9 Å². The highest BCUT2D eigenvalue weighted by molar-refractivity contribution is 7.89. The second-order valence-corrected chi connectivity index (χ2v) is 11.8. The molecule has 0 bridgehead atoms. The van der Waals surface area contributed by atoms with Crippen LogP contribution >= 0.6 is 12.4 Å². The third kappa shape index (κ3) is 6.34. The minimum Gasteiger partial charge on any atom is -0.493 e. The molecule has 2 heterocycles. The Morgan fingerprint density at radius 1 is 0.854 bits per heavy atom. The number of halogens is 1. The molecule has 1 aliphatic heterocycles. The van der Waals surface area contributed by atoms with Gasteiger partial charge in [0.15, 0.2) is 11.5 Å². The number of aryl methyl sites for hydroxylation is 1.